The molecule has 0 aliphatic carbocycles. The van der Waals surface area contributed by atoms with Gasteiger partial charge in [-0.1, -0.05) is 31.5 Å². The van der Waals surface area contributed by atoms with Crippen LogP contribution >= 0.6 is 11.6 Å². The SMILES string of the molecule is CC1(C)COC(=O)N[C@@H]1c1ccc(C(F)(F)F)c(Cl)c1. The number of nitrogens with one attached hydrogen (secondary N) is 1. The number of hydrogen-bond acceptors (Lipinski definition) is 2. The fraction of sp³-hybridized carbons (Fsp3) is 0.462. The van der Waals surface area contributed by atoms with Gasteiger partial charge in [-0.25, -0.2) is 4.79 Å². The Morgan fingerprint density at radius 3 is 2.60 bits per heavy atom. The van der Waals surface area contributed by atoms with E-state index in [0.29, 0.717) is 5.56 Å². The molecule has 1 heterocycles. The highest BCUT2D eigenvalue weighted by Gasteiger charge is 2.39. The van der Waals surface area contributed by atoms with Crippen molar-refractivity contribution < 1.29 is 22.7 Å². The number of alkyl halides is 3. The normalized spacial score (nSPS) is 22.1. The van der Waals surface area contributed by atoms with Crippen LogP contribution in [-0.4, -0.2) is 12.7 Å². The van der Waals surface area contributed by atoms with Gasteiger partial charge in [0.05, 0.1) is 16.6 Å². The predicted octanol–water partition coefficient (Wildman–Crippen LogP) is 4.17. The van der Waals surface area contributed by atoms with E-state index in [0.717, 1.165) is 6.07 Å². The maximum atomic E-state index is 12.7. The van der Waals surface area contributed by atoms with Gasteiger partial charge < -0.3 is 10.1 Å². The number of benzene rings is 1. The average Bonchev–Trinajstić information content (AvgIpc) is 2.30. The van der Waals surface area contributed by atoms with Gasteiger partial charge in [-0.3, -0.25) is 0 Å². The predicted molar refractivity (Wildman–Crippen MR) is 67.5 cm³/mol. The zero-order valence-corrected chi connectivity index (χ0v) is 11.6. The van der Waals surface area contributed by atoms with Crippen molar-refractivity contribution in [2.45, 2.75) is 26.1 Å². The topological polar surface area (TPSA) is 38.3 Å². The van der Waals surface area contributed by atoms with Crippen LogP contribution in [0.15, 0.2) is 18.2 Å². The summed E-state index contributed by atoms with van der Waals surface area (Å²) in [6, 6.07) is 3.04. The van der Waals surface area contributed by atoms with Gasteiger partial charge in [0.25, 0.3) is 0 Å². The first-order chi connectivity index (χ1) is 9.11. The standard InChI is InChI=1S/C13H13ClF3NO2/c1-12(2)6-20-11(19)18-10(12)7-3-4-8(9(14)5-7)13(15,16)17/h3-5,10H,6H2,1-2H3,(H,18,19)/t10-/m1/s1. The van der Waals surface area contributed by atoms with Crippen LogP contribution in [-0.2, 0) is 10.9 Å². The molecule has 1 amide bonds. The lowest BCUT2D eigenvalue weighted by atomic mass is 9.80. The number of rotatable bonds is 1. The summed E-state index contributed by atoms with van der Waals surface area (Å²) in [7, 11) is 0. The van der Waals surface area contributed by atoms with Gasteiger partial charge >= 0.3 is 12.3 Å². The molecule has 1 saturated heterocycles. The number of amides is 1. The van der Waals surface area contributed by atoms with E-state index in [1.165, 1.54) is 12.1 Å². The van der Waals surface area contributed by atoms with Crippen LogP contribution in [0.25, 0.3) is 0 Å². The Bertz CT molecular complexity index is 543. The molecule has 1 fully saturated rings. The quantitative estimate of drug-likeness (QED) is 0.846. The maximum absolute atomic E-state index is 12.7. The summed E-state index contributed by atoms with van der Waals surface area (Å²) in [6.07, 6.45) is -5.09. The van der Waals surface area contributed by atoms with Crippen LogP contribution in [0.1, 0.15) is 31.0 Å². The minimum atomic E-state index is -4.50. The van der Waals surface area contributed by atoms with Crippen LogP contribution in [0.2, 0.25) is 5.02 Å². The maximum Gasteiger partial charge on any atom is 0.417 e. The van der Waals surface area contributed by atoms with E-state index < -0.39 is 29.3 Å². The number of halogens is 4. The molecular formula is C13H13ClF3NO2. The summed E-state index contributed by atoms with van der Waals surface area (Å²) in [4.78, 5) is 11.3. The lowest BCUT2D eigenvalue weighted by Crippen LogP contribution is -2.46. The van der Waals surface area contributed by atoms with Crippen molar-refractivity contribution in [3.05, 3.63) is 34.3 Å². The molecule has 0 radical (unpaired) electrons. The van der Waals surface area contributed by atoms with Crippen molar-refractivity contribution in [1.82, 2.24) is 5.32 Å². The third-order valence-electron chi connectivity index (χ3n) is 3.25. The van der Waals surface area contributed by atoms with Gasteiger partial charge in [0.15, 0.2) is 0 Å². The molecule has 1 aliphatic heterocycles. The molecule has 0 aromatic heterocycles. The second kappa shape index (κ2) is 4.84. The second-order valence-corrected chi connectivity index (χ2v) is 5.79. The molecule has 0 saturated carbocycles. The zero-order valence-electron chi connectivity index (χ0n) is 10.8. The first kappa shape index (κ1) is 15.0. The van der Waals surface area contributed by atoms with E-state index in [1.807, 2.05) is 13.8 Å². The third-order valence-corrected chi connectivity index (χ3v) is 3.56. The highest BCUT2D eigenvalue weighted by Crippen LogP contribution is 2.40. The van der Waals surface area contributed by atoms with Crippen LogP contribution < -0.4 is 5.32 Å². The minimum Gasteiger partial charge on any atom is -0.449 e. The van der Waals surface area contributed by atoms with E-state index in [2.05, 4.69) is 5.32 Å². The monoisotopic (exact) mass is 307 g/mol. The fourth-order valence-electron chi connectivity index (χ4n) is 2.17. The Balaban J connectivity index is 2.38. The van der Waals surface area contributed by atoms with Crippen LogP contribution in [0.5, 0.6) is 0 Å². The van der Waals surface area contributed by atoms with Gasteiger partial charge in [0.2, 0.25) is 0 Å². The molecule has 0 spiro atoms. The van der Waals surface area contributed by atoms with Crippen molar-refractivity contribution >= 4 is 17.7 Å². The Labute approximate surface area is 119 Å². The molecule has 1 aromatic carbocycles. The van der Waals surface area contributed by atoms with Crippen LogP contribution in [0.3, 0.4) is 0 Å². The first-order valence-corrected chi connectivity index (χ1v) is 6.29. The zero-order chi connectivity index (χ0) is 15.1. The molecule has 1 aliphatic rings. The average molecular weight is 308 g/mol. The van der Waals surface area contributed by atoms with E-state index >= 15 is 0 Å². The van der Waals surface area contributed by atoms with Crippen molar-refractivity contribution in [3.8, 4) is 0 Å². The van der Waals surface area contributed by atoms with E-state index in [-0.39, 0.29) is 11.6 Å². The molecule has 1 atom stereocenters. The Hall–Kier alpha value is -1.43. The Morgan fingerprint density at radius 2 is 2.05 bits per heavy atom. The van der Waals surface area contributed by atoms with Gasteiger partial charge in [0.1, 0.15) is 6.61 Å². The molecule has 110 valence electrons. The highest BCUT2D eigenvalue weighted by molar-refractivity contribution is 6.31. The first-order valence-electron chi connectivity index (χ1n) is 5.91. The summed E-state index contributed by atoms with van der Waals surface area (Å²) in [5.41, 5.74) is -0.819. The molecule has 7 heteroatoms. The number of carbonyl (C=O) groups is 1. The summed E-state index contributed by atoms with van der Waals surface area (Å²) in [5.74, 6) is 0. The van der Waals surface area contributed by atoms with Gasteiger partial charge in [0, 0.05) is 5.41 Å². The molecule has 0 unspecified atom stereocenters. The van der Waals surface area contributed by atoms with E-state index in [4.69, 9.17) is 16.3 Å². The Morgan fingerprint density at radius 1 is 1.40 bits per heavy atom. The Kier molecular flexibility index (Phi) is 3.62. The third kappa shape index (κ3) is 2.85. The van der Waals surface area contributed by atoms with Gasteiger partial charge in [-0.2, -0.15) is 13.2 Å². The fourth-order valence-corrected chi connectivity index (χ4v) is 2.46. The van der Waals surface area contributed by atoms with Crippen molar-refractivity contribution in [3.63, 3.8) is 0 Å². The molecule has 1 aromatic rings. The molecule has 2 rings (SSSR count). The minimum absolute atomic E-state index is 0.183. The molecular weight excluding hydrogens is 295 g/mol. The summed E-state index contributed by atoms with van der Waals surface area (Å²) in [6.45, 7) is 3.88. The summed E-state index contributed by atoms with van der Waals surface area (Å²) < 4.78 is 42.9. The largest absolute Gasteiger partial charge is 0.449 e. The molecule has 20 heavy (non-hydrogen) atoms. The molecule has 3 nitrogen and oxygen atoms in total. The molecule has 1 N–H and O–H groups in total. The summed E-state index contributed by atoms with van der Waals surface area (Å²) >= 11 is 5.70. The number of carbonyl (C=O) groups excluding carboxylic acids is 1. The lowest BCUT2D eigenvalue weighted by Gasteiger charge is -2.38. The van der Waals surface area contributed by atoms with Gasteiger partial charge in [-0.05, 0) is 17.7 Å². The van der Waals surface area contributed by atoms with Gasteiger partial charge in [-0.15, -0.1) is 0 Å². The van der Waals surface area contributed by atoms with Crippen molar-refractivity contribution in [2.24, 2.45) is 5.41 Å². The van der Waals surface area contributed by atoms with E-state index in [1.54, 1.807) is 0 Å². The number of cyclic esters (lactones) is 1. The lowest BCUT2D eigenvalue weighted by molar-refractivity contribution is -0.137. The van der Waals surface area contributed by atoms with E-state index in [9.17, 15) is 18.0 Å². The van der Waals surface area contributed by atoms with Crippen LogP contribution in [0.4, 0.5) is 18.0 Å². The number of ether oxygens (including phenoxy) is 1. The van der Waals surface area contributed by atoms with Crippen molar-refractivity contribution in [2.75, 3.05) is 6.61 Å². The summed E-state index contributed by atoms with van der Waals surface area (Å²) in [5, 5.41) is 2.22. The molecule has 0 bridgehead atoms. The van der Waals surface area contributed by atoms with Crippen molar-refractivity contribution in [1.29, 1.82) is 0 Å². The second-order valence-electron chi connectivity index (χ2n) is 5.38. The number of alkyl carbamates (subject to hydrolysis) is 1. The highest BCUT2D eigenvalue weighted by atomic mass is 35.5. The van der Waals surface area contributed by atoms with Crippen LogP contribution in [0, 0.1) is 5.41 Å². The smallest absolute Gasteiger partial charge is 0.417 e. The number of hydrogen-bond donors (Lipinski definition) is 1.